The quantitative estimate of drug-likeness (QED) is 0.0399. The number of nitrogens with two attached hydrogens (primary N) is 1. The third kappa shape index (κ3) is 8.31. The number of nitrogen functional groups attached to an aromatic ring is 1. The van der Waals surface area contributed by atoms with Crippen molar-refractivity contribution in [2.45, 2.75) is 43.1 Å². The first kappa shape index (κ1) is 36.5. The number of hydrogen-bond acceptors (Lipinski definition) is 17. The van der Waals surface area contributed by atoms with Crippen molar-refractivity contribution in [1.29, 1.82) is 0 Å². The van der Waals surface area contributed by atoms with Crippen molar-refractivity contribution in [1.82, 2.24) is 19.5 Å². The molecule has 22 nitrogen and oxygen atoms in total. The zero-order chi connectivity index (χ0) is 34.9. The zero-order valence-electron chi connectivity index (χ0n) is 24.2. The largest absolute Gasteiger partial charge is 0.488 e. The molecule has 2 aromatic heterocycles. The molecule has 260 valence electrons. The first-order valence-corrected chi connectivity index (χ1v) is 19.6. The maximum Gasteiger partial charge on any atom is 0.488 e. The summed E-state index contributed by atoms with van der Waals surface area (Å²) in [5.74, 6) is -0.813. The Labute approximate surface area is 273 Å². The van der Waals surface area contributed by atoms with Crippen LogP contribution in [0.15, 0.2) is 42.0 Å². The Hall–Kier alpha value is -2.81. The molecular formula is C22H27N8O14P3S. The number of phosphoric ester groups is 1. The van der Waals surface area contributed by atoms with Gasteiger partial charge in [0.15, 0.2) is 29.1 Å². The molecule has 4 heterocycles. The topological polar surface area (TPSA) is 337 Å². The molecule has 7 N–H and O–H groups in total. The van der Waals surface area contributed by atoms with Gasteiger partial charge in [0, 0.05) is 17.1 Å². The smallest absolute Gasteiger partial charge is 0.387 e. The third-order valence-electron chi connectivity index (χ3n) is 7.02. The van der Waals surface area contributed by atoms with E-state index in [0.29, 0.717) is 11.1 Å². The van der Waals surface area contributed by atoms with Gasteiger partial charge >= 0.3 is 22.4 Å². The lowest BCUT2D eigenvalue weighted by Crippen LogP contribution is -2.33. The summed E-state index contributed by atoms with van der Waals surface area (Å²) in [5, 5.41) is 24.4. The van der Waals surface area contributed by atoms with E-state index in [9.17, 15) is 43.4 Å². The summed E-state index contributed by atoms with van der Waals surface area (Å²) in [5.41, 5.74) is 14.4. The van der Waals surface area contributed by atoms with Gasteiger partial charge in [0.2, 0.25) is 0 Å². The van der Waals surface area contributed by atoms with Gasteiger partial charge in [0.1, 0.15) is 30.2 Å². The number of azide groups is 1. The fourth-order valence-electron chi connectivity index (χ4n) is 4.65. The molecule has 26 heteroatoms. The first-order chi connectivity index (χ1) is 22.6. The van der Waals surface area contributed by atoms with E-state index in [4.69, 9.17) is 20.7 Å². The molecule has 0 amide bonds. The predicted molar refractivity (Wildman–Crippen MR) is 162 cm³/mol. The summed E-state index contributed by atoms with van der Waals surface area (Å²) in [7, 11) is -11.3. The van der Waals surface area contributed by atoms with Crippen LogP contribution in [0.1, 0.15) is 23.8 Å². The van der Waals surface area contributed by atoms with Gasteiger partial charge in [-0.05, 0) is 28.0 Å². The third-order valence-corrected chi connectivity index (χ3v) is 13.6. The van der Waals surface area contributed by atoms with Crippen LogP contribution in [0.25, 0.3) is 21.6 Å². The maximum atomic E-state index is 12.8. The number of Topliss-reactive ketones (excluding diaryl/α,β-unsaturated/α-hetero) is 1. The fourth-order valence-corrected chi connectivity index (χ4v) is 10.5. The van der Waals surface area contributed by atoms with Crippen LogP contribution >= 0.6 is 33.8 Å². The number of carbonyl (C=O) groups is 1. The van der Waals surface area contributed by atoms with Crippen molar-refractivity contribution in [3.8, 4) is 0 Å². The Morgan fingerprint density at radius 3 is 2.50 bits per heavy atom. The van der Waals surface area contributed by atoms with Gasteiger partial charge in [-0.25, -0.2) is 28.6 Å². The zero-order valence-corrected chi connectivity index (χ0v) is 27.7. The number of anilines is 1. The van der Waals surface area contributed by atoms with E-state index < -0.39 is 65.0 Å². The summed E-state index contributed by atoms with van der Waals surface area (Å²) < 4.78 is 62.3. The van der Waals surface area contributed by atoms with Gasteiger partial charge < -0.3 is 40.1 Å². The van der Waals surface area contributed by atoms with Crippen molar-refractivity contribution in [3.05, 3.63) is 58.5 Å². The van der Waals surface area contributed by atoms with Crippen molar-refractivity contribution in [3.63, 3.8) is 0 Å². The molecule has 0 aliphatic carbocycles. The molecule has 48 heavy (non-hydrogen) atoms. The van der Waals surface area contributed by atoms with Crippen LogP contribution in [0.2, 0.25) is 0 Å². The van der Waals surface area contributed by atoms with E-state index in [0.717, 1.165) is 6.33 Å². The van der Waals surface area contributed by atoms with Gasteiger partial charge in [-0.1, -0.05) is 29.4 Å². The highest BCUT2D eigenvalue weighted by Crippen LogP contribution is 2.71. The first-order valence-electron chi connectivity index (χ1n) is 13.5. The van der Waals surface area contributed by atoms with Crippen LogP contribution < -0.4 is 5.73 Å². The molecule has 2 saturated heterocycles. The second kappa shape index (κ2) is 14.2. The number of aromatic nitrogens is 4. The molecule has 0 spiro atoms. The summed E-state index contributed by atoms with van der Waals surface area (Å²) >= 11 is 0.0818. The average Bonchev–Trinajstić information content (AvgIpc) is 3.63. The average molecular weight is 752 g/mol. The van der Waals surface area contributed by atoms with Crippen molar-refractivity contribution in [2.24, 2.45) is 5.11 Å². The second-order valence-corrected chi connectivity index (χ2v) is 17.4. The Bertz CT molecular complexity index is 1870. The molecule has 1 aromatic carbocycles. The molecule has 2 aliphatic heterocycles. The standard InChI is InChI=1S/C22H27N8O14P3S/c23-19-16-20(26-10-25-19)30(11-27-16)21-18(33)17(32)14(42-21)8-41-45(34,35)43-46(36,37)44-47(38,39)48-6-5-15(31)22(9-40-22)13-3-1-12(2-4-13)7-28-29-24/h1-4,10-11,14,17-18,21,32-33H,5-9H2,(H,34,35)(H,36,37)(H,38,39)(H2,23,25,26)/t14-,17-,18-,21-,22?/m1/s1. The van der Waals surface area contributed by atoms with Gasteiger partial charge in [0.25, 0.3) is 0 Å². The number of fused-ring (bicyclic) bond motifs is 1. The lowest BCUT2D eigenvalue weighted by atomic mass is 9.93. The van der Waals surface area contributed by atoms with E-state index in [1.165, 1.54) is 10.9 Å². The number of carbonyl (C=O) groups excluding carboxylic acids is 1. The Kier molecular flexibility index (Phi) is 10.8. The summed E-state index contributed by atoms with van der Waals surface area (Å²) in [6.45, 7) is -5.87. The van der Waals surface area contributed by atoms with Gasteiger partial charge in [-0.3, -0.25) is 13.9 Å². The van der Waals surface area contributed by atoms with Gasteiger partial charge in [-0.2, -0.15) is 8.62 Å². The molecule has 2 aliphatic rings. The van der Waals surface area contributed by atoms with Crippen molar-refractivity contribution >= 4 is 56.6 Å². The SMILES string of the molecule is [N-]=[N+]=NCc1ccc(C2(C(=O)CCSP(=O)(O)OP(=O)(O)OP(=O)(O)OC[C@H]3O[C@@H](n4cnc5c(N)ncnc54)[C@H](O)[C@@H]3O)CO2)cc1. The Morgan fingerprint density at radius 1 is 1.12 bits per heavy atom. The van der Waals surface area contributed by atoms with E-state index in [-0.39, 0.29) is 53.7 Å². The van der Waals surface area contributed by atoms with Crippen molar-refractivity contribution < 1.29 is 66.0 Å². The second-order valence-electron chi connectivity index (χ2n) is 10.2. The minimum atomic E-state index is -5.76. The van der Waals surface area contributed by atoms with Crippen LogP contribution in [0, 0.1) is 0 Å². The summed E-state index contributed by atoms with van der Waals surface area (Å²) in [4.78, 5) is 57.3. The Balaban J connectivity index is 1.10. The molecule has 0 bridgehead atoms. The van der Waals surface area contributed by atoms with Crippen LogP contribution in [0.5, 0.6) is 0 Å². The number of rotatable bonds is 16. The highest BCUT2D eigenvalue weighted by atomic mass is 32.7. The van der Waals surface area contributed by atoms with Crippen LogP contribution in [-0.2, 0) is 53.3 Å². The number of imidazole rings is 1. The highest BCUT2D eigenvalue weighted by Gasteiger charge is 2.53. The number of aliphatic hydroxyl groups excluding tert-OH is 2. The minimum absolute atomic E-state index is 0.0319. The molecular weight excluding hydrogens is 725 g/mol. The molecule has 5 rings (SSSR count). The number of aliphatic hydroxyl groups is 2. The molecule has 0 radical (unpaired) electrons. The molecule has 8 atom stereocenters. The summed E-state index contributed by atoms with van der Waals surface area (Å²) in [6, 6.07) is 6.52. The number of ether oxygens (including phenoxy) is 2. The lowest BCUT2D eigenvalue weighted by Gasteiger charge is -2.20. The molecule has 4 unspecified atom stereocenters. The fraction of sp³-hybridized carbons (Fsp3) is 0.455. The molecule has 2 fully saturated rings. The summed E-state index contributed by atoms with van der Waals surface area (Å²) in [6.07, 6.45) is -4.14. The van der Waals surface area contributed by atoms with Crippen LogP contribution in [0.3, 0.4) is 0 Å². The van der Waals surface area contributed by atoms with Crippen LogP contribution in [0.4, 0.5) is 5.82 Å². The minimum Gasteiger partial charge on any atom is -0.387 e. The van der Waals surface area contributed by atoms with Crippen molar-refractivity contribution in [2.75, 3.05) is 24.7 Å². The Morgan fingerprint density at radius 2 is 1.83 bits per heavy atom. The van der Waals surface area contributed by atoms with E-state index in [1.807, 2.05) is 0 Å². The van der Waals surface area contributed by atoms with Gasteiger partial charge in [0.05, 0.1) is 26.1 Å². The van der Waals surface area contributed by atoms with E-state index >= 15 is 0 Å². The molecule has 0 saturated carbocycles. The number of epoxide rings is 1. The highest BCUT2D eigenvalue weighted by molar-refractivity contribution is 8.55. The monoisotopic (exact) mass is 752 g/mol. The number of nitrogens with zero attached hydrogens (tertiary/aromatic N) is 7. The predicted octanol–water partition coefficient (Wildman–Crippen LogP) is 1.81. The maximum absolute atomic E-state index is 12.8. The van der Waals surface area contributed by atoms with E-state index in [2.05, 4.69) is 38.1 Å². The van der Waals surface area contributed by atoms with Gasteiger partial charge in [-0.15, -0.1) is 0 Å². The molecule has 3 aromatic rings. The number of ketones is 1. The van der Waals surface area contributed by atoms with E-state index in [1.54, 1.807) is 24.3 Å². The lowest BCUT2D eigenvalue weighted by molar-refractivity contribution is -0.124. The van der Waals surface area contributed by atoms with Crippen LogP contribution in [-0.4, -0.2) is 87.5 Å². The number of phosphoric acid groups is 2. The number of hydrogen-bond donors (Lipinski definition) is 6. The number of benzene rings is 1. The normalized spacial score (nSPS) is 27.4.